The second kappa shape index (κ2) is 2.44. The van der Waals surface area contributed by atoms with Crippen LogP contribution in [0.1, 0.15) is 19.3 Å². The number of nitrogens with zero attached hydrogens (tertiary/aromatic N) is 1. The monoisotopic (exact) mass is 171 g/mol. The minimum atomic E-state index is -0.767. The molecule has 4 nitrogen and oxygen atoms in total. The fourth-order valence-corrected chi connectivity index (χ4v) is 2.47. The van der Waals surface area contributed by atoms with Gasteiger partial charge >= 0.3 is 5.97 Å². The number of hydrogen-bond acceptors (Lipinski definition) is 3. The predicted octanol–water partition coefficient (Wildman–Crippen LogP) is -0.330. The van der Waals surface area contributed by atoms with Crippen molar-refractivity contribution in [2.45, 2.75) is 30.9 Å². The summed E-state index contributed by atoms with van der Waals surface area (Å²) in [7, 11) is 0. The number of carbonyl (C=O) groups is 1. The molecular formula is C8H13NO3. The second-order valence-electron chi connectivity index (χ2n) is 3.74. The van der Waals surface area contributed by atoms with E-state index < -0.39 is 17.6 Å². The van der Waals surface area contributed by atoms with Crippen LogP contribution in [-0.4, -0.2) is 45.8 Å². The van der Waals surface area contributed by atoms with Crippen LogP contribution >= 0.6 is 0 Å². The Morgan fingerprint density at radius 1 is 1.58 bits per heavy atom. The third-order valence-corrected chi connectivity index (χ3v) is 3.03. The van der Waals surface area contributed by atoms with Gasteiger partial charge in [-0.1, -0.05) is 0 Å². The molecule has 0 spiro atoms. The molecule has 0 bridgehead atoms. The van der Waals surface area contributed by atoms with E-state index in [4.69, 9.17) is 5.11 Å². The van der Waals surface area contributed by atoms with Gasteiger partial charge in [-0.15, -0.1) is 0 Å². The van der Waals surface area contributed by atoms with E-state index in [1.165, 1.54) is 0 Å². The molecule has 2 aliphatic rings. The minimum Gasteiger partial charge on any atom is -0.480 e. The molecular weight excluding hydrogens is 158 g/mol. The summed E-state index contributed by atoms with van der Waals surface area (Å²) in [5.74, 6) is -0.767. The lowest BCUT2D eigenvalue weighted by Gasteiger charge is -2.26. The standard InChI is InChI=1S/C8H13NO3/c10-6-4-8(7(11)12)2-1-3-9(8)5-6/h6,10H,1-5H2,(H,11,12)/t6-,8-/m0/s1. The van der Waals surface area contributed by atoms with E-state index in [2.05, 4.69) is 0 Å². The molecule has 2 heterocycles. The molecule has 2 saturated heterocycles. The highest BCUT2D eigenvalue weighted by molar-refractivity contribution is 5.79. The van der Waals surface area contributed by atoms with Crippen molar-refractivity contribution in [2.24, 2.45) is 0 Å². The van der Waals surface area contributed by atoms with Crippen molar-refractivity contribution in [3.05, 3.63) is 0 Å². The molecule has 2 fully saturated rings. The van der Waals surface area contributed by atoms with E-state index in [9.17, 15) is 9.90 Å². The average Bonchev–Trinajstić information content (AvgIpc) is 2.42. The Hall–Kier alpha value is -0.610. The van der Waals surface area contributed by atoms with E-state index >= 15 is 0 Å². The Kier molecular flexibility index (Phi) is 1.63. The molecule has 0 aliphatic carbocycles. The van der Waals surface area contributed by atoms with Gasteiger partial charge in [0.1, 0.15) is 5.54 Å². The fraction of sp³-hybridized carbons (Fsp3) is 0.875. The molecule has 2 rings (SSSR count). The molecule has 68 valence electrons. The number of aliphatic hydroxyl groups is 1. The van der Waals surface area contributed by atoms with Crippen LogP contribution < -0.4 is 0 Å². The first-order valence-electron chi connectivity index (χ1n) is 4.32. The maximum atomic E-state index is 11.0. The Balaban J connectivity index is 2.26. The summed E-state index contributed by atoms with van der Waals surface area (Å²) in [4.78, 5) is 12.9. The van der Waals surface area contributed by atoms with Crippen molar-refractivity contribution >= 4 is 5.97 Å². The highest BCUT2D eigenvalue weighted by Gasteiger charge is 2.53. The number of aliphatic carboxylic acids is 1. The zero-order valence-electron chi connectivity index (χ0n) is 6.86. The van der Waals surface area contributed by atoms with E-state index in [1.807, 2.05) is 4.90 Å². The second-order valence-corrected chi connectivity index (χ2v) is 3.74. The number of fused-ring (bicyclic) bond motifs is 1. The van der Waals surface area contributed by atoms with Crippen LogP contribution in [0.4, 0.5) is 0 Å². The van der Waals surface area contributed by atoms with Gasteiger partial charge in [0.2, 0.25) is 0 Å². The van der Waals surface area contributed by atoms with Crippen LogP contribution in [0.3, 0.4) is 0 Å². The van der Waals surface area contributed by atoms with Crippen LogP contribution in [0.15, 0.2) is 0 Å². The van der Waals surface area contributed by atoms with E-state index in [1.54, 1.807) is 0 Å². The van der Waals surface area contributed by atoms with E-state index in [0.717, 1.165) is 13.0 Å². The molecule has 2 atom stereocenters. The number of carboxylic acid groups (broad SMARTS) is 1. The molecule has 0 unspecified atom stereocenters. The summed E-state index contributed by atoms with van der Waals surface area (Å²) in [6, 6.07) is 0. The summed E-state index contributed by atoms with van der Waals surface area (Å²) in [6.07, 6.45) is 1.60. The van der Waals surface area contributed by atoms with Crippen molar-refractivity contribution in [3.8, 4) is 0 Å². The first-order valence-corrected chi connectivity index (χ1v) is 4.32. The van der Waals surface area contributed by atoms with Crippen molar-refractivity contribution in [3.63, 3.8) is 0 Å². The predicted molar refractivity (Wildman–Crippen MR) is 41.8 cm³/mol. The molecule has 0 aromatic heterocycles. The number of β-amino-alcohol motifs (C(OH)–C–C–N with tert-alkyl or cyclic N) is 1. The highest BCUT2D eigenvalue weighted by Crippen LogP contribution is 2.38. The van der Waals surface area contributed by atoms with Crippen LogP contribution in [0.5, 0.6) is 0 Å². The number of rotatable bonds is 1. The van der Waals surface area contributed by atoms with Crippen molar-refractivity contribution in [1.29, 1.82) is 0 Å². The van der Waals surface area contributed by atoms with Crippen molar-refractivity contribution in [2.75, 3.05) is 13.1 Å². The molecule has 2 N–H and O–H groups in total. The van der Waals surface area contributed by atoms with Gasteiger partial charge in [-0.2, -0.15) is 0 Å². The Morgan fingerprint density at radius 3 is 2.92 bits per heavy atom. The number of aliphatic hydroxyl groups excluding tert-OH is 1. The Bertz CT molecular complexity index is 218. The van der Waals surface area contributed by atoms with Gasteiger partial charge < -0.3 is 10.2 Å². The minimum absolute atomic E-state index is 0.405. The first-order chi connectivity index (χ1) is 5.65. The van der Waals surface area contributed by atoms with Crippen LogP contribution in [0, 0.1) is 0 Å². The molecule has 0 radical (unpaired) electrons. The zero-order chi connectivity index (χ0) is 8.77. The summed E-state index contributed by atoms with van der Waals surface area (Å²) >= 11 is 0. The first kappa shape index (κ1) is 8.01. The quantitative estimate of drug-likeness (QED) is 0.567. The molecule has 0 amide bonds. The highest BCUT2D eigenvalue weighted by atomic mass is 16.4. The lowest BCUT2D eigenvalue weighted by Crippen LogP contribution is -2.45. The summed E-state index contributed by atoms with van der Waals surface area (Å²) in [5, 5.41) is 18.4. The van der Waals surface area contributed by atoms with Gasteiger partial charge in [-0.3, -0.25) is 9.69 Å². The summed E-state index contributed by atoms with van der Waals surface area (Å²) < 4.78 is 0. The fourth-order valence-electron chi connectivity index (χ4n) is 2.47. The van der Waals surface area contributed by atoms with Gasteiger partial charge in [-0.05, 0) is 19.4 Å². The summed E-state index contributed by atoms with van der Waals surface area (Å²) in [5.41, 5.74) is -0.723. The maximum absolute atomic E-state index is 11.0. The zero-order valence-corrected chi connectivity index (χ0v) is 6.86. The third kappa shape index (κ3) is 0.881. The molecule has 4 heteroatoms. The molecule has 0 aromatic rings. The topological polar surface area (TPSA) is 60.8 Å². The Labute approximate surface area is 70.8 Å². The molecule has 0 saturated carbocycles. The lowest BCUT2D eigenvalue weighted by atomic mass is 9.94. The lowest BCUT2D eigenvalue weighted by molar-refractivity contribution is -0.148. The van der Waals surface area contributed by atoms with Crippen molar-refractivity contribution in [1.82, 2.24) is 4.90 Å². The van der Waals surface area contributed by atoms with Crippen molar-refractivity contribution < 1.29 is 15.0 Å². The number of hydrogen-bond donors (Lipinski definition) is 2. The Morgan fingerprint density at radius 2 is 2.33 bits per heavy atom. The molecule has 0 aromatic carbocycles. The smallest absolute Gasteiger partial charge is 0.324 e. The average molecular weight is 171 g/mol. The van der Waals surface area contributed by atoms with Gasteiger partial charge in [0.25, 0.3) is 0 Å². The molecule has 2 aliphatic heterocycles. The number of carboxylic acids is 1. The largest absolute Gasteiger partial charge is 0.480 e. The van der Waals surface area contributed by atoms with Gasteiger partial charge in [-0.25, -0.2) is 0 Å². The van der Waals surface area contributed by atoms with Gasteiger partial charge in [0.15, 0.2) is 0 Å². The third-order valence-electron chi connectivity index (χ3n) is 3.03. The van der Waals surface area contributed by atoms with Crippen LogP contribution in [0.25, 0.3) is 0 Å². The SMILES string of the molecule is O=C(O)[C@@]12CCCN1C[C@@H](O)C2. The normalized spacial score (nSPS) is 41.6. The van der Waals surface area contributed by atoms with Crippen LogP contribution in [-0.2, 0) is 4.79 Å². The van der Waals surface area contributed by atoms with Gasteiger partial charge in [0.05, 0.1) is 6.10 Å². The van der Waals surface area contributed by atoms with E-state index in [0.29, 0.717) is 19.4 Å². The van der Waals surface area contributed by atoms with Gasteiger partial charge in [0, 0.05) is 13.0 Å². The van der Waals surface area contributed by atoms with Crippen LogP contribution in [0.2, 0.25) is 0 Å². The summed E-state index contributed by atoms with van der Waals surface area (Å²) in [6.45, 7) is 1.36. The molecule has 12 heavy (non-hydrogen) atoms. The van der Waals surface area contributed by atoms with E-state index in [-0.39, 0.29) is 0 Å². The maximum Gasteiger partial charge on any atom is 0.324 e.